The summed E-state index contributed by atoms with van der Waals surface area (Å²) in [4.78, 5) is 62.9. The zero-order chi connectivity index (χ0) is 47.3. The van der Waals surface area contributed by atoms with Crippen LogP contribution in [0.15, 0.2) is 121 Å². The Labute approximate surface area is 385 Å². The Bertz CT molecular complexity index is 3180. The van der Waals surface area contributed by atoms with Crippen LogP contribution in [0, 0.1) is 0 Å². The molecule has 7 aromatic rings. The molecule has 0 aliphatic carbocycles. The van der Waals surface area contributed by atoms with Gasteiger partial charge in [-0.05, 0) is 119 Å². The van der Waals surface area contributed by atoms with Crippen molar-refractivity contribution in [2.24, 2.45) is 0 Å². The molecule has 0 fully saturated rings. The van der Waals surface area contributed by atoms with Crippen molar-refractivity contribution in [3.63, 3.8) is 0 Å². The van der Waals surface area contributed by atoms with E-state index in [0.29, 0.717) is 90.1 Å². The molecule has 0 amide bonds. The van der Waals surface area contributed by atoms with Crippen molar-refractivity contribution < 1.29 is 58.6 Å². The van der Waals surface area contributed by atoms with Crippen LogP contribution in [0.2, 0.25) is 0 Å². The molecule has 68 heavy (non-hydrogen) atoms. The molecule has 2 aliphatic rings. The Morgan fingerprint density at radius 2 is 0.574 bits per heavy atom. The average Bonchev–Trinajstić information content (AvgIpc) is 4.19. The molecule has 0 radical (unpaired) electrons. The van der Waals surface area contributed by atoms with E-state index in [1.807, 2.05) is 97.1 Å². The number of nitrogens with zero attached hydrogens (tertiary/aromatic N) is 2. The molecule has 338 valence electrons. The third-order valence-electron chi connectivity index (χ3n) is 10.8. The number of hydrogen-bond acceptors (Lipinski definition) is 10. The van der Waals surface area contributed by atoms with Gasteiger partial charge in [0.05, 0.1) is 22.8 Å². The molecule has 3 aromatic heterocycles. The van der Waals surface area contributed by atoms with Crippen molar-refractivity contribution in [3.05, 3.63) is 144 Å². The number of carbonyl (C=O) groups is 4. The Morgan fingerprint density at radius 3 is 0.853 bits per heavy atom. The summed E-state index contributed by atoms with van der Waals surface area (Å²) in [6, 6.07) is 35.9. The van der Waals surface area contributed by atoms with Crippen LogP contribution < -0.4 is 18.9 Å². The fourth-order valence-electron chi connectivity index (χ4n) is 7.87. The number of benzene rings is 4. The van der Waals surface area contributed by atoms with Crippen LogP contribution in [0.3, 0.4) is 0 Å². The van der Waals surface area contributed by atoms with E-state index >= 15 is 0 Å². The van der Waals surface area contributed by atoms with Crippen LogP contribution in [0.1, 0.15) is 22.8 Å². The topological polar surface area (TPSA) is 243 Å². The summed E-state index contributed by atoms with van der Waals surface area (Å²) < 4.78 is 21.8. The first-order valence-electron chi connectivity index (χ1n) is 20.9. The lowest BCUT2D eigenvalue weighted by Gasteiger charge is -2.09. The number of nitrogens with one attached hydrogen (secondary N) is 2. The van der Waals surface area contributed by atoms with E-state index in [-0.39, 0.29) is 0 Å². The van der Waals surface area contributed by atoms with Crippen molar-refractivity contribution in [1.29, 1.82) is 0 Å². The van der Waals surface area contributed by atoms with Gasteiger partial charge in [0.1, 0.15) is 23.0 Å². The van der Waals surface area contributed by atoms with Gasteiger partial charge >= 0.3 is 23.9 Å². The van der Waals surface area contributed by atoms with Crippen molar-refractivity contribution in [2.45, 2.75) is 0 Å². The predicted octanol–water partition coefficient (Wildman–Crippen LogP) is 9.18. The first-order valence-corrected chi connectivity index (χ1v) is 20.9. The molecule has 5 heterocycles. The molecule has 4 aromatic carbocycles. The minimum atomic E-state index is -1.11. The Kier molecular flexibility index (Phi) is 12.2. The molecule has 0 atom stereocenters. The zero-order valence-corrected chi connectivity index (χ0v) is 35.6. The predicted molar refractivity (Wildman–Crippen MR) is 253 cm³/mol. The van der Waals surface area contributed by atoms with E-state index in [1.165, 1.54) is 0 Å². The van der Waals surface area contributed by atoms with Gasteiger partial charge in [-0.1, -0.05) is 48.5 Å². The third kappa shape index (κ3) is 9.64. The molecule has 0 saturated heterocycles. The van der Waals surface area contributed by atoms with Gasteiger partial charge in [0.25, 0.3) is 0 Å². The summed E-state index contributed by atoms with van der Waals surface area (Å²) in [6.45, 7) is -2.03. The highest BCUT2D eigenvalue weighted by molar-refractivity contribution is 6.00. The fraction of sp³-hybridized carbons (Fsp3) is 0.0769. The molecule has 2 aliphatic heterocycles. The number of ether oxygens (including phenoxy) is 4. The Morgan fingerprint density at radius 1 is 0.338 bits per heavy atom. The first kappa shape index (κ1) is 43.8. The van der Waals surface area contributed by atoms with Crippen molar-refractivity contribution in [3.8, 4) is 67.5 Å². The number of fused-ring (bicyclic) bond motifs is 8. The van der Waals surface area contributed by atoms with Crippen LogP contribution >= 0.6 is 0 Å². The largest absolute Gasteiger partial charge is 0.482 e. The van der Waals surface area contributed by atoms with Crippen molar-refractivity contribution >= 4 is 70.2 Å². The Hall–Kier alpha value is -9.44. The molecule has 6 N–H and O–H groups in total. The quantitative estimate of drug-likeness (QED) is 0.0530. The lowest BCUT2D eigenvalue weighted by molar-refractivity contribution is -0.140. The van der Waals surface area contributed by atoms with Gasteiger partial charge in [-0.25, -0.2) is 29.1 Å². The number of H-pyrrole nitrogens is 2. The van der Waals surface area contributed by atoms with Crippen LogP contribution in [0.25, 0.3) is 90.9 Å². The summed E-state index contributed by atoms with van der Waals surface area (Å²) in [5.74, 6) is -2.96. The second kappa shape index (κ2) is 19.0. The normalized spacial score (nSPS) is 11.5. The van der Waals surface area contributed by atoms with Gasteiger partial charge in [-0.15, -0.1) is 0 Å². The molecule has 16 heteroatoms. The minimum absolute atomic E-state index is 0.360. The van der Waals surface area contributed by atoms with Gasteiger partial charge in [-0.2, -0.15) is 0 Å². The third-order valence-corrected chi connectivity index (χ3v) is 10.8. The average molecular weight is 911 g/mol. The summed E-state index contributed by atoms with van der Waals surface area (Å²) in [6.07, 6.45) is 7.58. The molecular formula is C52H38N4O12. The highest BCUT2D eigenvalue weighted by atomic mass is 16.5. The van der Waals surface area contributed by atoms with Gasteiger partial charge < -0.3 is 49.3 Å². The second-order valence-electron chi connectivity index (χ2n) is 15.3. The summed E-state index contributed by atoms with van der Waals surface area (Å²) >= 11 is 0. The van der Waals surface area contributed by atoms with Gasteiger partial charge in [0.2, 0.25) is 0 Å². The first-order chi connectivity index (χ1) is 32.9. The maximum atomic E-state index is 11.3. The van der Waals surface area contributed by atoms with E-state index in [9.17, 15) is 39.6 Å². The zero-order valence-electron chi connectivity index (χ0n) is 35.6. The summed E-state index contributed by atoms with van der Waals surface area (Å²) in [5.41, 5.74) is 10.9. The van der Waals surface area contributed by atoms with Crippen molar-refractivity contribution in [2.75, 3.05) is 26.4 Å². The molecule has 0 unspecified atom stereocenters. The van der Waals surface area contributed by atoms with E-state index in [4.69, 9.17) is 28.9 Å². The number of rotatable bonds is 16. The summed E-state index contributed by atoms with van der Waals surface area (Å²) in [5, 5.41) is 36.9. The standard InChI is InChI=1S/C52H38N4O12/c57-45(58)25-65-33-9-1-29(2-10-33)49-37-17-19-39(53-37)50(30-3-11-34(12-4-30)66-26-46(59)60)41-21-23-43(55-41)52(32-7-15-36(16-8-32)68-28-48(63)64)44-24-22-42(56-44)51(40-20-18-38(49)54-40)31-5-13-35(14-6-31)67-27-47(61)62/h1-24,53-54H,25-28H2,(H,57,58)(H,59,60)(H,61,62)(H,63,64). The van der Waals surface area contributed by atoms with Crippen LogP contribution in [0.5, 0.6) is 23.0 Å². The van der Waals surface area contributed by atoms with Crippen LogP contribution in [0.4, 0.5) is 0 Å². The van der Waals surface area contributed by atoms with E-state index in [1.54, 1.807) is 48.5 Å². The van der Waals surface area contributed by atoms with Gasteiger partial charge in [-0.3, -0.25) is 0 Å². The molecule has 16 nitrogen and oxygen atoms in total. The summed E-state index contributed by atoms with van der Waals surface area (Å²) in [7, 11) is 0. The van der Waals surface area contributed by atoms with E-state index in [0.717, 1.165) is 22.3 Å². The molecule has 8 bridgehead atoms. The highest BCUT2D eigenvalue weighted by Gasteiger charge is 2.20. The van der Waals surface area contributed by atoms with Crippen LogP contribution in [-0.2, 0) is 19.2 Å². The SMILES string of the molecule is O=C(O)COc1ccc(-c2c3nc(c(-c4ccc(OCC(=O)O)cc4)c4ccc([nH]4)c(-c4ccc(OCC(=O)O)cc4)c4ccc([nH]4)c(-c4ccc(OCC(=O)O)cc4)c4nc2C=C4)C=C3)cc1. The lowest BCUT2D eigenvalue weighted by atomic mass is 10.0. The van der Waals surface area contributed by atoms with E-state index in [2.05, 4.69) is 9.97 Å². The maximum Gasteiger partial charge on any atom is 0.341 e. The lowest BCUT2D eigenvalue weighted by Crippen LogP contribution is -2.09. The highest BCUT2D eigenvalue weighted by Crippen LogP contribution is 2.39. The number of carboxylic acids is 4. The molecule has 0 saturated carbocycles. The van der Waals surface area contributed by atoms with Crippen molar-refractivity contribution in [1.82, 2.24) is 19.9 Å². The number of carboxylic acid groups (broad SMARTS) is 4. The second-order valence-corrected chi connectivity index (χ2v) is 15.3. The maximum absolute atomic E-state index is 11.3. The van der Waals surface area contributed by atoms with Gasteiger partial charge in [0, 0.05) is 44.3 Å². The molecule has 9 rings (SSSR count). The van der Waals surface area contributed by atoms with Gasteiger partial charge in [0.15, 0.2) is 26.4 Å². The fourth-order valence-corrected chi connectivity index (χ4v) is 7.87. The smallest absolute Gasteiger partial charge is 0.341 e. The molecule has 0 spiro atoms. The monoisotopic (exact) mass is 910 g/mol. The molecular weight excluding hydrogens is 873 g/mol. The number of aliphatic carboxylic acids is 4. The Balaban J connectivity index is 1.34. The van der Waals surface area contributed by atoms with E-state index < -0.39 is 50.3 Å². The number of aromatic nitrogens is 4. The van der Waals surface area contributed by atoms with Crippen LogP contribution in [-0.4, -0.2) is 90.7 Å². The number of aromatic amines is 2. The minimum Gasteiger partial charge on any atom is -0.482 e. The number of hydrogen-bond donors (Lipinski definition) is 6.